The van der Waals surface area contributed by atoms with Crippen molar-refractivity contribution in [2.45, 2.75) is 0 Å². The van der Waals surface area contributed by atoms with Gasteiger partial charge in [-0.05, 0) is 42.5 Å². The third-order valence-corrected chi connectivity index (χ3v) is 4.55. The molecule has 136 valence electrons. The second-order valence-corrected chi connectivity index (χ2v) is 6.54. The van der Waals surface area contributed by atoms with Gasteiger partial charge in [0, 0.05) is 21.2 Å². The Hall–Kier alpha value is -3.11. The van der Waals surface area contributed by atoms with E-state index in [2.05, 4.69) is 20.9 Å². The highest BCUT2D eigenvalue weighted by Gasteiger charge is 2.17. The Bertz CT molecular complexity index is 1060. The van der Waals surface area contributed by atoms with E-state index in [1.54, 1.807) is 43.5 Å². The lowest BCUT2D eigenvalue weighted by Gasteiger charge is -2.13. The molecule has 0 amide bonds. The maximum Gasteiger partial charge on any atom is 0.161 e. The second kappa shape index (κ2) is 7.64. The lowest BCUT2D eigenvalue weighted by atomic mass is 9.98. The maximum atomic E-state index is 14.4. The summed E-state index contributed by atoms with van der Waals surface area (Å²) in [5.41, 5.74) is 7.93. The van der Waals surface area contributed by atoms with Gasteiger partial charge in [-0.3, -0.25) is 0 Å². The highest BCUT2D eigenvalue weighted by Crippen LogP contribution is 2.36. The van der Waals surface area contributed by atoms with Crippen molar-refractivity contribution >= 4 is 21.7 Å². The van der Waals surface area contributed by atoms with E-state index in [1.807, 2.05) is 6.07 Å². The first kappa shape index (κ1) is 18.7. The summed E-state index contributed by atoms with van der Waals surface area (Å²) >= 11 is 3.33. The zero-order valence-corrected chi connectivity index (χ0v) is 16.2. The Morgan fingerprint density at radius 2 is 1.78 bits per heavy atom. The summed E-state index contributed by atoms with van der Waals surface area (Å²) < 4.78 is 25.7. The molecular weight excluding hydrogens is 413 g/mol. The van der Waals surface area contributed by atoms with Gasteiger partial charge in [0.15, 0.2) is 11.5 Å². The number of halogens is 2. The van der Waals surface area contributed by atoms with E-state index in [0.717, 1.165) is 0 Å². The number of hydrogen-bond donors (Lipinski definition) is 1. The molecule has 0 saturated heterocycles. The molecule has 0 spiro atoms. The minimum absolute atomic E-state index is 0.0270. The summed E-state index contributed by atoms with van der Waals surface area (Å²) in [6, 6.07) is 13.4. The van der Waals surface area contributed by atoms with Gasteiger partial charge in [0.2, 0.25) is 0 Å². The Balaban J connectivity index is 2.24. The first-order chi connectivity index (χ1) is 13.0. The van der Waals surface area contributed by atoms with Crippen molar-refractivity contribution in [1.82, 2.24) is 4.98 Å². The van der Waals surface area contributed by atoms with E-state index in [-0.39, 0.29) is 16.9 Å². The first-order valence-corrected chi connectivity index (χ1v) is 8.66. The lowest BCUT2D eigenvalue weighted by molar-refractivity contribution is 0.355. The summed E-state index contributed by atoms with van der Waals surface area (Å²) in [5.74, 6) is 0.661. The SMILES string of the molecule is COc1ccc(-c2cc(-c3cc(Br)ccc3F)c(C#N)c(N)n2)cc1OC. The molecule has 3 rings (SSSR count). The van der Waals surface area contributed by atoms with Crippen molar-refractivity contribution in [3.63, 3.8) is 0 Å². The molecule has 0 unspecified atom stereocenters. The van der Waals surface area contributed by atoms with Gasteiger partial charge in [-0.15, -0.1) is 0 Å². The Morgan fingerprint density at radius 3 is 2.44 bits per heavy atom. The van der Waals surface area contributed by atoms with E-state index in [1.165, 1.54) is 13.2 Å². The molecule has 0 saturated carbocycles. The van der Waals surface area contributed by atoms with Crippen molar-refractivity contribution in [3.05, 3.63) is 58.3 Å². The standard InChI is InChI=1S/C20H15BrFN3O2/c1-26-18-6-3-11(7-19(18)27-2)17-9-13(15(10-23)20(24)25-17)14-8-12(21)4-5-16(14)22/h3-9H,1-2H3,(H2,24,25). The normalized spacial score (nSPS) is 10.3. The second-order valence-electron chi connectivity index (χ2n) is 5.62. The molecule has 7 heteroatoms. The van der Waals surface area contributed by atoms with Crippen molar-refractivity contribution in [1.29, 1.82) is 5.26 Å². The summed E-state index contributed by atoms with van der Waals surface area (Å²) in [6.45, 7) is 0. The fourth-order valence-electron chi connectivity index (χ4n) is 2.74. The number of rotatable bonds is 4. The minimum Gasteiger partial charge on any atom is -0.493 e. The van der Waals surface area contributed by atoms with Crippen LogP contribution in [0.1, 0.15) is 5.56 Å². The van der Waals surface area contributed by atoms with Crippen molar-refractivity contribution in [3.8, 4) is 40.0 Å². The van der Waals surface area contributed by atoms with Crippen LogP contribution in [0.2, 0.25) is 0 Å². The van der Waals surface area contributed by atoms with Gasteiger partial charge in [0.05, 0.1) is 19.9 Å². The molecule has 0 atom stereocenters. The van der Waals surface area contributed by atoms with Crippen molar-refractivity contribution < 1.29 is 13.9 Å². The van der Waals surface area contributed by atoms with Crippen LogP contribution in [0.5, 0.6) is 11.5 Å². The molecule has 0 radical (unpaired) electrons. The number of aromatic nitrogens is 1. The number of nitriles is 1. The number of nitrogens with two attached hydrogens (primary N) is 1. The molecule has 3 aromatic rings. The molecule has 2 aromatic carbocycles. The third-order valence-electron chi connectivity index (χ3n) is 4.06. The number of methoxy groups -OCH3 is 2. The third kappa shape index (κ3) is 3.57. The topological polar surface area (TPSA) is 81.2 Å². The average molecular weight is 428 g/mol. The minimum atomic E-state index is -0.460. The maximum absolute atomic E-state index is 14.4. The molecule has 0 aliphatic rings. The van der Waals surface area contributed by atoms with Crippen LogP contribution in [0.3, 0.4) is 0 Å². The number of nitrogens with zero attached hydrogens (tertiary/aromatic N) is 2. The Labute approximate surface area is 164 Å². The highest BCUT2D eigenvalue weighted by molar-refractivity contribution is 9.10. The molecule has 0 aliphatic heterocycles. The predicted octanol–water partition coefficient (Wildman–Crippen LogP) is 4.79. The van der Waals surface area contributed by atoms with Gasteiger partial charge in [0.1, 0.15) is 23.3 Å². The molecular formula is C20H15BrFN3O2. The Morgan fingerprint density at radius 1 is 1.04 bits per heavy atom. The molecule has 0 aliphatic carbocycles. The van der Waals surface area contributed by atoms with E-state index in [4.69, 9.17) is 15.2 Å². The number of anilines is 1. The molecule has 5 nitrogen and oxygen atoms in total. The van der Waals surface area contributed by atoms with Crippen LogP contribution in [-0.2, 0) is 0 Å². The fraction of sp³-hybridized carbons (Fsp3) is 0.100. The van der Waals surface area contributed by atoms with Gasteiger partial charge in [-0.25, -0.2) is 9.37 Å². The number of pyridine rings is 1. The van der Waals surface area contributed by atoms with Crippen LogP contribution in [0.4, 0.5) is 10.2 Å². The van der Waals surface area contributed by atoms with E-state index in [0.29, 0.717) is 32.8 Å². The fourth-order valence-corrected chi connectivity index (χ4v) is 3.10. The van der Waals surface area contributed by atoms with Crippen LogP contribution >= 0.6 is 15.9 Å². The van der Waals surface area contributed by atoms with Crippen LogP contribution in [0, 0.1) is 17.1 Å². The van der Waals surface area contributed by atoms with Gasteiger partial charge in [0.25, 0.3) is 0 Å². The van der Waals surface area contributed by atoms with Crippen LogP contribution in [-0.4, -0.2) is 19.2 Å². The number of nitrogen functional groups attached to an aromatic ring is 1. The smallest absolute Gasteiger partial charge is 0.161 e. The average Bonchev–Trinajstić information content (AvgIpc) is 2.68. The van der Waals surface area contributed by atoms with Crippen molar-refractivity contribution in [2.75, 3.05) is 20.0 Å². The first-order valence-electron chi connectivity index (χ1n) is 7.87. The number of ether oxygens (including phenoxy) is 2. The van der Waals surface area contributed by atoms with Gasteiger partial charge in [-0.1, -0.05) is 15.9 Å². The van der Waals surface area contributed by atoms with Crippen molar-refractivity contribution in [2.24, 2.45) is 0 Å². The van der Waals surface area contributed by atoms with E-state index in [9.17, 15) is 9.65 Å². The van der Waals surface area contributed by atoms with E-state index < -0.39 is 5.82 Å². The summed E-state index contributed by atoms with van der Waals surface area (Å²) in [7, 11) is 3.08. The molecule has 1 heterocycles. The number of hydrogen-bond acceptors (Lipinski definition) is 5. The van der Waals surface area contributed by atoms with Crippen LogP contribution < -0.4 is 15.2 Å². The number of benzene rings is 2. The molecule has 0 fully saturated rings. The predicted molar refractivity (Wildman–Crippen MR) is 105 cm³/mol. The zero-order chi connectivity index (χ0) is 19.6. The largest absolute Gasteiger partial charge is 0.493 e. The quantitative estimate of drug-likeness (QED) is 0.647. The van der Waals surface area contributed by atoms with Gasteiger partial charge >= 0.3 is 0 Å². The molecule has 27 heavy (non-hydrogen) atoms. The van der Waals surface area contributed by atoms with Crippen LogP contribution in [0.25, 0.3) is 22.4 Å². The molecule has 2 N–H and O–H groups in total. The molecule has 1 aromatic heterocycles. The summed E-state index contributed by atoms with van der Waals surface area (Å²) in [5, 5.41) is 9.49. The summed E-state index contributed by atoms with van der Waals surface area (Å²) in [4.78, 5) is 4.31. The monoisotopic (exact) mass is 427 g/mol. The van der Waals surface area contributed by atoms with Gasteiger partial charge < -0.3 is 15.2 Å². The van der Waals surface area contributed by atoms with Crippen LogP contribution in [0.15, 0.2) is 46.9 Å². The summed E-state index contributed by atoms with van der Waals surface area (Å²) in [6.07, 6.45) is 0. The molecule has 0 bridgehead atoms. The lowest BCUT2D eigenvalue weighted by Crippen LogP contribution is -2.01. The van der Waals surface area contributed by atoms with E-state index >= 15 is 0 Å². The zero-order valence-electron chi connectivity index (χ0n) is 14.6. The highest BCUT2D eigenvalue weighted by atomic mass is 79.9. The van der Waals surface area contributed by atoms with Gasteiger partial charge in [-0.2, -0.15) is 5.26 Å². The Kier molecular flexibility index (Phi) is 5.28.